The van der Waals surface area contributed by atoms with E-state index in [1.165, 1.54) is 0 Å². The molecule has 17 heavy (non-hydrogen) atoms. The molecule has 0 spiro atoms. The summed E-state index contributed by atoms with van der Waals surface area (Å²) in [7, 11) is 0. The van der Waals surface area contributed by atoms with Crippen molar-refractivity contribution in [1.82, 2.24) is 0 Å². The van der Waals surface area contributed by atoms with Crippen molar-refractivity contribution in [3.05, 3.63) is 33.9 Å². The Morgan fingerprint density at radius 3 is 2.88 bits per heavy atom. The van der Waals surface area contributed by atoms with Crippen molar-refractivity contribution >= 4 is 11.4 Å². The monoisotopic (exact) mass is 238 g/mol. The number of rotatable bonds is 7. The molecule has 0 radical (unpaired) electrons. The first kappa shape index (κ1) is 13.4. The molecule has 0 aliphatic heterocycles. The second kappa shape index (κ2) is 6.85. The summed E-state index contributed by atoms with van der Waals surface area (Å²) in [5.74, 6) is 0. The molecule has 0 aromatic heterocycles. The van der Waals surface area contributed by atoms with Gasteiger partial charge >= 0.3 is 0 Å². The predicted octanol–water partition coefficient (Wildman–Crippen LogP) is 2.74. The maximum atomic E-state index is 10.7. The molecule has 5 nitrogen and oxygen atoms in total. The van der Waals surface area contributed by atoms with E-state index in [0.717, 1.165) is 25.3 Å². The van der Waals surface area contributed by atoms with Crippen LogP contribution in [0.2, 0.25) is 0 Å². The smallest absolute Gasteiger partial charge is 0.274 e. The van der Waals surface area contributed by atoms with Crippen LogP contribution in [-0.4, -0.2) is 24.7 Å². The van der Waals surface area contributed by atoms with Gasteiger partial charge in [0.25, 0.3) is 5.69 Å². The zero-order valence-electron chi connectivity index (χ0n) is 10.2. The lowest BCUT2D eigenvalue weighted by Gasteiger charge is -2.07. The first-order chi connectivity index (χ1) is 8.15. The molecule has 1 rings (SSSR count). The lowest BCUT2D eigenvalue weighted by atomic mass is 10.2. The normalized spacial score (nSPS) is 10.2. The van der Waals surface area contributed by atoms with Gasteiger partial charge in [-0.25, -0.2) is 0 Å². The van der Waals surface area contributed by atoms with Crippen molar-refractivity contribution in [2.75, 3.05) is 25.1 Å². The summed E-state index contributed by atoms with van der Waals surface area (Å²) in [5.41, 5.74) is 1.61. The van der Waals surface area contributed by atoms with Crippen molar-refractivity contribution in [3.63, 3.8) is 0 Å². The quantitative estimate of drug-likeness (QED) is 0.450. The number of hydrogen-bond acceptors (Lipinski definition) is 4. The number of hydrogen-bond donors (Lipinski definition) is 1. The second-order valence-electron chi connectivity index (χ2n) is 3.74. The molecule has 1 N–H and O–H groups in total. The lowest BCUT2D eigenvalue weighted by Crippen LogP contribution is -2.06. The topological polar surface area (TPSA) is 64.4 Å². The first-order valence-electron chi connectivity index (χ1n) is 5.71. The Morgan fingerprint density at radius 1 is 1.47 bits per heavy atom. The average Bonchev–Trinajstić information content (AvgIpc) is 2.30. The largest absolute Gasteiger partial charge is 0.385 e. The first-order valence-corrected chi connectivity index (χ1v) is 5.71. The molecule has 5 heteroatoms. The Labute approximate surface area is 101 Å². The summed E-state index contributed by atoms with van der Waals surface area (Å²) in [6, 6.07) is 5.17. The maximum Gasteiger partial charge on any atom is 0.274 e. The Hall–Kier alpha value is -1.62. The molecule has 0 unspecified atom stereocenters. The fraction of sp³-hybridized carbons (Fsp3) is 0.500. The third-order valence-electron chi connectivity index (χ3n) is 2.40. The Morgan fingerprint density at radius 2 is 2.24 bits per heavy atom. The number of ether oxygens (including phenoxy) is 1. The number of aryl methyl sites for hydroxylation is 1. The van der Waals surface area contributed by atoms with Crippen molar-refractivity contribution in [2.24, 2.45) is 0 Å². The van der Waals surface area contributed by atoms with Gasteiger partial charge in [-0.15, -0.1) is 0 Å². The van der Waals surface area contributed by atoms with E-state index < -0.39 is 0 Å². The number of benzene rings is 1. The van der Waals surface area contributed by atoms with Crippen LogP contribution in [0.5, 0.6) is 0 Å². The Balaban J connectivity index is 2.49. The van der Waals surface area contributed by atoms with Crippen molar-refractivity contribution in [2.45, 2.75) is 20.3 Å². The summed E-state index contributed by atoms with van der Waals surface area (Å²) < 4.78 is 5.20. The molecule has 0 saturated carbocycles. The van der Waals surface area contributed by atoms with Crippen LogP contribution in [0.4, 0.5) is 11.4 Å². The van der Waals surface area contributed by atoms with E-state index in [0.29, 0.717) is 12.2 Å². The van der Waals surface area contributed by atoms with Gasteiger partial charge in [-0.1, -0.05) is 6.07 Å². The number of nitrogens with one attached hydrogen (secondary N) is 1. The molecule has 0 amide bonds. The van der Waals surface area contributed by atoms with E-state index >= 15 is 0 Å². The zero-order valence-corrected chi connectivity index (χ0v) is 10.2. The molecule has 0 aliphatic carbocycles. The summed E-state index contributed by atoms with van der Waals surface area (Å²) in [6.07, 6.45) is 0.884. The molecule has 1 aromatic carbocycles. The van der Waals surface area contributed by atoms with Crippen molar-refractivity contribution in [1.29, 1.82) is 0 Å². The van der Waals surface area contributed by atoms with Crippen LogP contribution in [0.1, 0.15) is 18.9 Å². The second-order valence-corrected chi connectivity index (χ2v) is 3.74. The number of nitro benzene ring substituents is 1. The van der Waals surface area contributed by atoms with Crippen LogP contribution in [0, 0.1) is 17.0 Å². The van der Waals surface area contributed by atoms with Crippen LogP contribution in [0.15, 0.2) is 18.2 Å². The molecule has 0 fully saturated rings. The highest BCUT2D eigenvalue weighted by Crippen LogP contribution is 2.22. The number of anilines is 1. The summed E-state index contributed by atoms with van der Waals surface area (Å²) in [5, 5.41) is 13.9. The van der Waals surface area contributed by atoms with Gasteiger partial charge in [0.15, 0.2) is 0 Å². The van der Waals surface area contributed by atoms with Crippen LogP contribution in [-0.2, 0) is 4.74 Å². The average molecular weight is 238 g/mol. The van der Waals surface area contributed by atoms with Crippen LogP contribution in [0.25, 0.3) is 0 Å². The Kier molecular flexibility index (Phi) is 5.42. The van der Waals surface area contributed by atoms with E-state index in [2.05, 4.69) is 5.32 Å². The zero-order chi connectivity index (χ0) is 12.7. The molecule has 0 saturated heterocycles. The fourth-order valence-electron chi connectivity index (χ4n) is 1.47. The predicted molar refractivity (Wildman–Crippen MR) is 67.4 cm³/mol. The minimum absolute atomic E-state index is 0.153. The standard InChI is InChI=1S/C12H18N2O3/c1-3-17-8-4-7-13-11-6-5-10(2)12(9-11)14(15)16/h5-6,9,13H,3-4,7-8H2,1-2H3. The minimum Gasteiger partial charge on any atom is -0.385 e. The van der Waals surface area contributed by atoms with Gasteiger partial charge < -0.3 is 10.1 Å². The van der Waals surface area contributed by atoms with Gasteiger partial charge in [0.05, 0.1) is 4.92 Å². The van der Waals surface area contributed by atoms with E-state index in [9.17, 15) is 10.1 Å². The molecular formula is C12H18N2O3. The van der Waals surface area contributed by atoms with Crippen LogP contribution < -0.4 is 5.32 Å². The van der Waals surface area contributed by atoms with Gasteiger partial charge in [-0.2, -0.15) is 0 Å². The fourth-order valence-corrected chi connectivity index (χ4v) is 1.47. The summed E-state index contributed by atoms with van der Waals surface area (Å²) >= 11 is 0. The van der Waals surface area contributed by atoms with Crippen molar-refractivity contribution in [3.8, 4) is 0 Å². The summed E-state index contributed by atoms with van der Waals surface area (Å²) in [4.78, 5) is 10.4. The van der Waals surface area contributed by atoms with Gasteiger partial charge in [-0.05, 0) is 26.3 Å². The Bertz CT molecular complexity index is 380. The lowest BCUT2D eigenvalue weighted by molar-refractivity contribution is -0.385. The number of nitro groups is 1. The molecule has 1 aromatic rings. The van der Waals surface area contributed by atoms with Crippen LogP contribution in [0.3, 0.4) is 0 Å². The third kappa shape index (κ3) is 4.40. The molecule has 0 aliphatic rings. The molecule has 0 heterocycles. The highest BCUT2D eigenvalue weighted by molar-refractivity contribution is 5.54. The number of nitrogens with zero attached hydrogens (tertiary/aromatic N) is 1. The highest BCUT2D eigenvalue weighted by Gasteiger charge is 2.10. The summed E-state index contributed by atoms with van der Waals surface area (Å²) in [6.45, 7) is 5.86. The van der Waals surface area contributed by atoms with Gasteiger partial charge in [0.1, 0.15) is 0 Å². The highest BCUT2D eigenvalue weighted by atomic mass is 16.6. The van der Waals surface area contributed by atoms with E-state index in [4.69, 9.17) is 4.74 Å². The minimum atomic E-state index is -0.360. The molecule has 94 valence electrons. The molecular weight excluding hydrogens is 220 g/mol. The van der Waals surface area contributed by atoms with Crippen LogP contribution >= 0.6 is 0 Å². The molecule has 0 atom stereocenters. The van der Waals surface area contributed by atoms with E-state index in [1.54, 1.807) is 19.1 Å². The maximum absolute atomic E-state index is 10.7. The SMILES string of the molecule is CCOCCCNc1ccc(C)c([N+](=O)[O-])c1. The van der Waals surface area contributed by atoms with Gasteiger partial charge in [0.2, 0.25) is 0 Å². The van der Waals surface area contributed by atoms with E-state index in [1.807, 2.05) is 13.0 Å². The molecule has 0 bridgehead atoms. The van der Waals surface area contributed by atoms with Crippen molar-refractivity contribution < 1.29 is 9.66 Å². The third-order valence-corrected chi connectivity index (χ3v) is 2.40. The van der Waals surface area contributed by atoms with Gasteiger partial charge in [0, 0.05) is 37.1 Å². The van der Waals surface area contributed by atoms with Gasteiger partial charge in [-0.3, -0.25) is 10.1 Å². The van der Waals surface area contributed by atoms with E-state index in [-0.39, 0.29) is 10.6 Å².